The molecule has 0 bridgehead atoms. The van der Waals surface area contributed by atoms with E-state index in [0.29, 0.717) is 5.92 Å². The zero-order valence-corrected chi connectivity index (χ0v) is 11.0. The lowest BCUT2D eigenvalue weighted by Crippen LogP contribution is -2.27. The maximum absolute atomic E-state index is 9.78. The molecule has 100 valence electrons. The van der Waals surface area contributed by atoms with Crippen molar-refractivity contribution in [1.82, 2.24) is 10.3 Å². The van der Waals surface area contributed by atoms with E-state index >= 15 is 0 Å². The van der Waals surface area contributed by atoms with E-state index in [1.807, 2.05) is 18.5 Å². The highest BCUT2D eigenvalue weighted by molar-refractivity contribution is 5.81. The number of benzene rings is 1. The summed E-state index contributed by atoms with van der Waals surface area (Å²) < 4.78 is 0. The molecule has 2 atom stereocenters. The summed E-state index contributed by atoms with van der Waals surface area (Å²) in [5, 5.41) is 15.7. The van der Waals surface area contributed by atoms with Gasteiger partial charge in [0.25, 0.3) is 0 Å². The van der Waals surface area contributed by atoms with Gasteiger partial charge in [-0.2, -0.15) is 0 Å². The average molecular weight is 256 g/mol. The Bertz CT molecular complexity index is 555. The van der Waals surface area contributed by atoms with Crippen LogP contribution in [-0.2, 0) is 6.54 Å². The molecule has 3 rings (SSSR count). The third kappa shape index (κ3) is 2.94. The Hall–Kier alpha value is -1.45. The van der Waals surface area contributed by atoms with Crippen LogP contribution in [0.15, 0.2) is 36.7 Å². The fraction of sp³-hybridized carbons (Fsp3) is 0.438. The number of rotatable bonds is 4. The molecule has 3 nitrogen and oxygen atoms in total. The summed E-state index contributed by atoms with van der Waals surface area (Å²) in [7, 11) is 0. The van der Waals surface area contributed by atoms with E-state index in [4.69, 9.17) is 0 Å². The number of nitrogens with zero attached hydrogens (tertiary/aromatic N) is 1. The summed E-state index contributed by atoms with van der Waals surface area (Å²) >= 11 is 0. The third-order valence-electron chi connectivity index (χ3n) is 4.06. The number of aliphatic hydroxyl groups excluding tert-OH is 1. The van der Waals surface area contributed by atoms with E-state index < -0.39 is 0 Å². The number of hydrogen-bond donors (Lipinski definition) is 2. The van der Waals surface area contributed by atoms with Crippen LogP contribution in [0.25, 0.3) is 10.8 Å². The summed E-state index contributed by atoms with van der Waals surface area (Å²) in [5.74, 6) is 0.435. The summed E-state index contributed by atoms with van der Waals surface area (Å²) in [5.41, 5.74) is 1.28. The summed E-state index contributed by atoms with van der Waals surface area (Å²) in [6.07, 6.45) is 6.90. The first-order valence-electron chi connectivity index (χ1n) is 7.04. The van der Waals surface area contributed by atoms with Gasteiger partial charge >= 0.3 is 0 Å². The first kappa shape index (κ1) is 12.6. The van der Waals surface area contributed by atoms with Crippen LogP contribution in [0.4, 0.5) is 0 Å². The third-order valence-corrected chi connectivity index (χ3v) is 4.06. The highest BCUT2D eigenvalue weighted by atomic mass is 16.3. The van der Waals surface area contributed by atoms with Gasteiger partial charge in [-0.15, -0.1) is 0 Å². The standard InChI is InChI=1S/C16H20N2O/c19-16-3-1-2-15(16)11-18-9-12-4-5-14-10-17-7-6-13(14)8-12/h4-8,10,15-16,18-19H,1-3,9,11H2. The summed E-state index contributed by atoms with van der Waals surface area (Å²) in [6, 6.07) is 8.50. The molecular formula is C16H20N2O. The van der Waals surface area contributed by atoms with Crippen molar-refractivity contribution >= 4 is 10.8 Å². The molecule has 0 aliphatic heterocycles. The quantitative estimate of drug-likeness (QED) is 0.883. The van der Waals surface area contributed by atoms with Gasteiger partial charge in [-0.1, -0.05) is 18.6 Å². The molecule has 1 aliphatic rings. The summed E-state index contributed by atoms with van der Waals surface area (Å²) in [6.45, 7) is 1.77. The van der Waals surface area contributed by atoms with Gasteiger partial charge in [-0.25, -0.2) is 0 Å². The topological polar surface area (TPSA) is 45.1 Å². The van der Waals surface area contributed by atoms with E-state index in [-0.39, 0.29) is 6.10 Å². The van der Waals surface area contributed by atoms with Crippen molar-refractivity contribution in [1.29, 1.82) is 0 Å². The van der Waals surface area contributed by atoms with E-state index in [1.165, 1.54) is 16.3 Å². The lowest BCUT2D eigenvalue weighted by Gasteiger charge is -2.15. The Morgan fingerprint density at radius 2 is 2.16 bits per heavy atom. The second-order valence-electron chi connectivity index (χ2n) is 5.45. The molecule has 1 saturated carbocycles. The monoisotopic (exact) mass is 256 g/mol. The summed E-state index contributed by atoms with van der Waals surface area (Å²) in [4.78, 5) is 4.12. The fourth-order valence-corrected chi connectivity index (χ4v) is 2.90. The van der Waals surface area contributed by atoms with Crippen LogP contribution in [-0.4, -0.2) is 22.7 Å². The molecule has 3 heteroatoms. The van der Waals surface area contributed by atoms with Gasteiger partial charge < -0.3 is 10.4 Å². The molecule has 1 aromatic heterocycles. The van der Waals surface area contributed by atoms with Crippen LogP contribution in [0.1, 0.15) is 24.8 Å². The fourth-order valence-electron chi connectivity index (χ4n) is 2.90. The second kappa shape index (κ2) is 5.68. The number of aliphatic hydroxyl groups is 1. The Balaban J connectivity index is 1.59. The molecule has 1 heterocycles. The highest BCUT2D eigenvalue weighted by Gasteiger charge is 2.24. The molecule has 1 aliphatic carbocycles. The van der Waals surface area contributed by atoms with Crippen molar-refractivity contribution in [3.8, 4) is 0 Å². The van der Waals surface area contributed by atoms with Crippen molar-refractivity contribution < 1.29 is 5.11 Å². The highest BCUT2D eigenvalue weighted by Crippen LogP contribution is 2.24. The van der Waals surface area contributed by atoms with Gasteiger partial charge in [0.15, 0.2) is 0 Å². The van der Waals surface area contributed by atoms with Crippen molar-refractivity contribution in [3.05, 3.63) is 42.2 Å². The number of fused-ring (bicyclic) bond motifs is 1. The van der Waals surface area contributed by atoms with Gasteiger partial charge in [0.2, 0.25) is 0 Å². The molecule has 1 fully saturated rings. The minimum absolute atomic E-state index is 0.102. The van der Waals surface area contributed by atoms with Gasteiger partial charge in [0, 0.05) is 30.9 Å². The lowest BCUT2D eigenvalue weighted by atomic mass is 10.1. The SMILES string of the molecule is OC1CCCC1CNCc1ccc2cnccc2c1. The Kier molecular flexibility index (Phi) is 3.76. The number of aromatic nitrogens is 1. The van der Waals surface area contributed by atoms with E-state index in [1.54, 1.807) is 0 Å². The molecule has 19 heavy (non-hydrogen) atoms. The first-order valence-corrected chi connectivity index (χ1v) is 7.04. The molecule has 2 unspecified atom stereocenters. The Morgan fingerprint density at radius 3 is 3.00 bits per heavy atom. The molecule has 0 amide bonds. The average Bonchev–Trinajstić information content (AvgIpc) is 2.84. The molecule has 0 spiro atoms. The van der Waals surface area contributed by atoms with Gasteiger partial charge in [0.05, 0.1) is 6.10 Å². The van der Waals surface area contributed by atoms with Crippen molar-refractivity contribution in [2.45, 2.75) is 31.9 Å². The number of hydrogen-bond acceptors (Lipinski definition) is 3. The molecular weight excluding hydrogens is 236 g/mol. The van der Waals surface area contributed by atoms with E-state index in [2.05, 4.69) is 28.5 Å². The minimum Gasteiger partial charge on any atom is -0.393 e. The predicted octanol–water partition coefficient (Wildman–Crippen LogP) is 2.49. The van der Waals surface area contributed by atoms with Crippen LogP contribution in [0, 0.1) is 5.92 Å². The largest absolute Gasteiger partial charge is 0.393 e. The van der Waals surface area contributed by atoms with Crippen LogP contribution in [0.2, 0.25) is 0 Å². The van der Waals surface area contributed by atoms with Gasteiger partial charge in [-0.3, -0.25) is 4.98 Å². The maximum Gasteiger partial charge on any atom is 0.0580 e. The van der Waals surface area contributed by atoms with Crippen molar-refractivity contribution in [3.63, 3.8) is 0 Å². The van der Waals surface area contributed by atoms with Crippen LogP contribution in [0.3, 0.4) is 0 Å². The predicted molar refractivity (Wildman–Crippen MR) is 76.8 cm³/mol. The zero-order valence-electron chi connectivity index (χ0n) is 11.0. The number of pyridine rings is 1. The van der Waals surface area contributed by atoms with Gasteiger partial charge in [-0.05, 0) is 41.8 Å². The lowest BCUT2D eigenvalue weighted by molar-refractivity contribution is 0.131. The van der Waals surface area contributed by atoms with E-state index in [0.717, 1.165) is 32.4 Å². The second-order valence-corrected chi connectivity index (χ2v) is 5.45. The normalized spacial score (nSPS) is 23.0. The zero-order chi connectivity index (χ0) is 13.1. The first-order chi connectivity index (χ1) is 9.33. The Labute approximate surface area is 113 Å². The van der Waals surface area contributed by atoms with Crippen LogP contribution < -0.4 is 5.32 Å². The minimum atomic E-state index is -0.102. The molecule has 1 aromatic carbocycles. The van der Waals surface area contributed by atoms with Crippen molar-refractivity contribution in [2.24, 2.45) is 5.92 Å². The smallest absolute Gasteiger partial charge is 0.0580 e. The molecule has 0 radical (unpaired) electrons. The van der Waals surface area contributed by atoms with E-state index in [9.17, 15) is 5.11 Å². The van der Waals surface area contributed by atoms with Crippen molar-refractivity contribution in [2.75, 3.05) is 6.54 Å². The van der Waals surface area contributed by atoms with Crippen LogP contribution in [0.5, 0.6) is 0 Å². The Morgan fingerprint density at radius 1 is 1.21 bits per heavy atom. The number of nitrogens with one attached hydrogen (secondary N) is 1. The van der Waals surface area contributed by atoms with Gasteiger partial charge in [0.1, 0.15) is 0 Å². The molecule has 0 saturated heterocycles. The molecule has 2 aromatic rings. The molecule has 2 N–H and O–H groups in total. The maximum atomic E-state index is 9.78. The van der Waals surface area contributed by atoms with Crippen LogP contribution >= 0.6 is 0 Å².